The highest BCUT2D eigenvalue weighted by atomic mass is 16.5. The number of nitrogens with one attached hydrogen (secondary N) is 1. The van der Waals surface area contributed by atoms with E-state index in [4.69, 9.17) is 23.5 Å². The monoisotopic (exact) mass is 357 g/mol. The Hall–Kier alpha value is -3.42. The minimum Gasteiger partial charge on any atom is -0.497 e. The van der Waals surface area contributed by atoms with Gasteiger partial charge in [0.1, 0.15) is 11.5 Å². The SMILES string of the molecule is COc1ccc(Nc2nc(-c3cccc(OC)c3OC)no2)c(OC)c1. The van der Waals surface area contributed by atoms with E-state index in [0.717, 1.165) is 0 Å². The number of methoxy groups -OCH3 is 4. The summed E-state index contributed by atoms with van der Waals surface area (Å²) in [7, 11) is 6.29. The molecule has 8 heteroatoms. The van der Waals surface area contributed by atoms with Crippen molar-refractivity contribution in [3.8, 4) is 34.4 Å². The Morgan fingerprint density at radius 3 is 2.38 bits per heavy atom. The van der Waals surface area contributed by atoms with Crippen LogP contribution in [-0.4, -0.2) is 38.6 Å². The van der Waals surface area contributed by atoms with Crippen molar-refractivity contribution in [3.63, 3.8) is 0 Å². The minimum atomic E-state index is 0.216. The number of rotatable bonds is 7. The molecule has 0 spiro atoms. The molecule has 0 saturated carbocycles. The van der Waals surface area contributed by atoms with Crippen molar-refractivity contribution < 1.29 is 23.5 Å². The molecular formula is C18H19N3O5. The first-order valence-electron chi connectivity index (χ1n) is 7.74. The van der Waals surface area contributed by atoms with Gasteiger partial charge in [0.25, 0.3) is 0 Å². The first-order chi connectivity index (χ1) is 12.7. The molecule has 0 bridgehead atoms. The molecule has 26 heavy (non-hydrogen) atoms. The summed E-state index contributed by atoms with van der Waals surface area (Å²) in [5.41, 5.74) is 1.33. The van der Waals surface area contributed by atoms with Crippen LogP contribution in [0.2, 0.25) is 0 Å². The zero-order valence-corrected chi connectivity index (χ0v) is 14.9. The average Bonchev–Trinajstić information content (AvgIpc) is 3.15. The highest BCUT2D eigenvalue weighted by Gasteiger charge is 2.17. The lowest BCUT2D eigenvalue weighted by molar-refractivity contribution is 0.355. The number of anilines is 2. The molecule has 3 rings (SSSR count). The molecule has 0 fully saturated rings. The fourth-order valence-corrected chi connectivity index (χ4v) is 2.46. The number of para-hydroxylation sites is 1. The molecule has 3 aromatic rings. The van der Waals surface area contributed by atoms with Crippen LogP contribution in [0.4, 0.5) is 11.7 Å². The third-order valence-electron chi connectivity index (χ3n) is 3.72. The van der Waals surface area contributed by atoms with Gasteiger partial charge in [0.05, 0.1) is 39.7 Å². The molecule has 2 aromatic carbocycles. The van der Waals surface area contributed by atoms with Gasteiger partial charge in [0.2, 0.25) is 5.82 Å². The lowest BCUT2D eigenvalue weighted by atomic mass is 10.2. The Balaban J connectivity index is 1.90. The molecular weight excluding hydrogens is 338 g/mol. The highest BCUT2D eigenvalue weighted by molar-refractivity contribution is 5.70. The molecule has 0 aliphatic heterocycles. The van der Waals surface area contributed by atoms with E-state index in [2.05, 4.69) is 15.5 Å². The summed E-state index contributed by atoms with van der Waals surface area (Å²) in [6, 6.07) is 11.0. The van der Waals surface area contributed by atoms with Gasteiger partial charge in [0, 0.05) is 6.07 Å². The van der Waals surface area contributed by atoms with Crippen LogP contribution in [0.15, 0.2) is 40.9 Å². The average molecular weight is 357 g/mol. The van der Waals surface area contributed by atoms with E-state index in [1.807, 2.05) is 12.1 Å². The Labute approximate surface area is 150 Å². The number of aromatic nitrogens is 2. The van der Waals surface area contributed by atoms with Crippen molar-refractivity contribution in [2.75, 3.05) is 33.8 Å². The quantitative estimate of drug-likeness (QED) is 0.687. The van der Waals surface area contributed by atoms with Crippen molar-refractivity contribution >= 4 is 11.7 Å². The molecule has 1 heterocycles. The van der Waals surface area contributed by atoms with Crippen LogP contribution in [0.1, 0.15) is 0 Å². The number of ether oxygens (including phenoxy) is 4. The van der Waals surface area contributed by atoms with Gasteiger partial charge >= 0.3 is 6.01 Å². The molecule has 0 aliphatic carbocycles. The van der Waals surface area contributed by atoms with Crippen LogP contribution in [0.25, 0.3) is 11.4 Å². The minimum absolute atomic E-state index is 0.216. The van der Waals surface area contributed by atoms with Gasteiger partial charge < -0.3 is 28.8 Å². The van der Waals surface area contributed by atoms with E-state index in [9.17, 15) is 0 Å². The van der Waals surface area contributed by atoms with Crippen LogP contribution in [-0.2, 0) is 0 Å². The van der Waals surface area contributed by atoms with Gasteiger partial charge in [-0.25, -0.2) is 0 Å². The molecule has 0 unspecified atom stereocenters. The maximum Gasteiger partial charge on any atom is 0.326 e. The Bertz CT molecular complexity index is 894. The smallest absolute Gasteiger partial charge is 0.326 e. The van der Waals surface area contributed by atoms with Crippen molar-refractivity contribution in [1.29, 1.82) is 0 Å². The van der Waals surface area contributed by atoms with E-state index >= 15 is 0 Å². The number of hydrogen-bond donors (Lipinski definition) is 1. The van der Waals surface area contributed by atoms with Gasteiger partial charge in [0.15, 0.2) is 11.5 Å². The summed E-state index contributed by atoms with van der Waals surface area (Å²) in [5, 5.41) is 7.04. The lowest BCUT2D eigenvalue weighted by Crippen LogP contribution is -1.96. The predicted molar refractivity (Wildman–Crippen MR) is 95.7 cm³/mol. The topological polar surface area (TPSA) is 87.9 Å². The first-order valence-corrected chi connectivity index (χ1v) is 7.74. The predicted octanol–water partition coefficient (Wildman–Crippen LogP) is 3.51. The maximum absolute atomic E-state index is 5.41. The largest absolute Gasteiger partial charge is 0.497 e. The highest BCUT2D eigenvalue weighted by Crippen LogP contribution is 2.37. The molecule has 0 saturated heterocycles. The Morgan fingerprint density at radius 2 is 1.69 bits per heavy atom. The van der Waals surface area contributed by atoms with Crippen molar-refractivity contribution in [2.24, 2.45) is 0 Å². The number of benzene rings is 2. The van der Waals surface area contributed by atoms with Crippen LogP contribution in [0.5, 0.6) is 23.0 Å². The standard InChI is InChI=1S/C18H19N3O5/c1-22-11-8-9-13(15(10-11)24-3)19-18-20-17(21-26-18)12-6-5-7-14(23-2)16(12)25-4/h5-10H,1-4H3,(H,19,20,21). The van der Waals surface area contributed by atoms with Crippen LogP contribution < -0.4 is 24.3 Å². The summed E-state index contributed by atoms with van der Waals surface area (Å²) < 4.78 is 26.5. The zero-order chi connectivity index (χ0) is 18.5. The maximum atomic E-state index is 5.41. The molecule has 136 valence electrons. The molecule has 0 aliphatic rings. The first kappa shape index (κ1) is 17.4. The molecule has 0 atom stereocenters. The number of nitrogens with zero attached hydrogens (tertiary/aromatic N) is 2. The molecule has 1 N–H and O–H groups in total. The van der Waals surface area contributed by atoms with Crippen molar-refractivity contribution in [1.82, 2.24) is 10.1 Å². The van der Waals surface area contributed by atoms with Gasteiger partial charge in [-0.05, 0) is 24.3 Å². The lowest BCUT2D eigenvalue weighted by Gasteiger charge is -2.10. The van der Waals surface area contributed by atoms with Gasteiger partial charge in [-0.2, -0.15) is 4.98 Å². The molecule has 0 amide bonds. The van der Waals surface area contributed by atoms with Crippen LogP contribution in [0.3, 0.4) is 0 Å². The van der Waals surface area contributed by atoms with Gasteiger partial charge in [-0.15, -0.1) is 0 Å². The summed E-state index contributed by atoms with van der Waals surface area (Å²) in [5.74, 6) is 2.75. The third-order valence-corrected chi connectivity index (χ3v) is 3.72. The van der Waals surface area contributed by atoms with Crippen LogP contribution >= 0.6 is 0 Å². The Morgan fingerprint density at radius 1 is 0.885 bits per heavy atom. The number of hydrogen-bond acceptors (Lipinski definition) is 8. The van der Waals surface area contributed by atoms with E-state index in [1.165, 1.54) is 0 Å². The second kappa shape index (κ2) is 7.64. The van der Waals surface area contributed by atoms with Crippen molar-refractivity contribution in [3.05, 3.63) is 36.4 Å². The molecule has 1 aromatic heterocycles. The van der Waals surface area contributed by atoms with E-state index < -0.39 is 0 Å². The molecule has 8 nitrogen and oxygen atoms in total. The van der Waals surface area contributed by atoms with Crippen LogP contribution in [0, 0.1) is 0 Å². The second-order valence-corrected chi connectivity index (χ2v) is 5.16. The normalized spacial score (nSPS) is 10.3. The zero-order valence-electron chi connectivity index (χ0n) is 14.9. The fraction of sp³-hybridized carbons (Fsp3) is 0.222. The van der Waals surface area contributed by atoms with Gasteiger partial charge in [-0.1, -0.05) is 11.2 Å². The van der Waals surface area contributed by atoms with E-state index in [0.29, 0.717) is 40.1 Å². The molecule has 0 radical (unpaired) electrons. The van der Waals surface area contributed by atoms with E-state index in [-0.39, 0.29) is 6.01 Å². The second-order valence-electron chi connectivity index (χ2n) is 5.16. The summed E-state index contributed by atoms with van der Waals surface area (Å²) in [6.07, 6.45) is 0. The Kier molecular flexibility index (Phi) is 5.12. The van der Waals surface area contributed by atoms with Gasteiger partial charge in [-0.3, -0.25) is 0 Å². The summed E-state index contributed by atoms with van der Waals surface area (Å²) >= 11 is 0. The fourth-order valence-electron chi connectivity index (χ4n) is 2.46. The summed E-state index contributed by atoms with van der Waals surface area (Å²) in [6.45, 7) is 0. The summed E-state index contributed by atoms with van der Waals surface area (Å²) in [4.78, 5) is 4.37. The van der Waals surface area contributed by atoms with Crippen molar-refractivity contribution in [2.45, 2.75) is 0 Å². The van der Waals surface area contributed by atoms with E-state index in [1.54, 1.807) is 52.7 Å². The third kappa shape index (κ3) is 3.34.